The Morgan fingerprint density at radius 1 is 0.294 bits per heavy atom. The number of rotatable bonds is 54. The molecule has 0 radical (unpaired) electrons. The highest BCUT2D eigenvalue weighted by atomic mass is 16.6. The number of hydrogen-bond donors (Lipinski definition) is 0. The maximum Gasteiger partial charge on any atom is 0.306 e. The molecule has 0 amide bonds. The van der Waals surface area contributed by atoms with Crippen molar-refractivity contribution >= 4 is 17.9 Å². The number of unbranched alkanes of at least 4 members (excludes halogenated alkanes) is 35. The van der Waals surface area contributed by atoms with E-state index >= 15 is 0 Å². The van der Waals surface area contributed by atoms with Gasteiger partial charge in [0.05, 0.1) is 0 Å². The standard InChI is InChI=1S/C62H112O6/c1-4-7-10-13-16-19-22-25-28-30-31-33-34-37-40-43-46-49-52-55-61(64)67-58-59(57-66-60(63)54-51-48-45-42-39-36-27-24-21-18-15-12-9-6-3)68-62(65)56-53-50-47-44-41-38-35-32-29-26-23-20-17-14-11-8-5-2/h16,19,24-29,59H,4-15,17-18,20-23,30-58H2,1-3H3/b19-16-,27-24-,28-25-,29-26-/t59-/m1/s1. The fourth-order valence-electron chi connectivity index (χ4n) is 8.52. The van der Waals surface area contributed by atoms with E-state index in [1.54, 1.807) is 0 Å². The number of carbonyl (C=O) groups is 3. The van der Waals surface area contributed by atoms with Crippen molar-refractivity contribution < 1.29 is 28.6 Å². The Morgan fingerprint density at radius 3 is 0.853 bits per heavy atom. The zero-order chi connectivity index (χ0) is 49.3. The number of carbonyl (C=O) groups excluding carboxylic acids is 3. The second kappa shape index (κ2) is 57.0. The van der Waals surface area contributed by atoms with Crippen molar-refractivity contribution in [1.29, 1.82) is 0 Å². The van der Waals surface area contributed by atoms with Gasteiger partial charge in [-0.2, -0.15) is 0 Å². The molecule has 6 nitrogen and oxygen atoms in total. The van der Waals surface area contributed by atoms with Crippen LogP contribution >= 0.6 is 0 Å². The molecule has 0 saturated heterocycles. The average molecular weight is 954 g/mol. The Kier molecular flexibility index (Phi) is 54.8. The highest BCUT2D eigenvalue weighted by molar-refractivity contribution is 5.71. The first kappa shape index (κ1) is 65.4. The van der Waals surface area contributed by atoms with E-state index in [0.717, 1.165) is 70.6 Å². The lowest BCUT2D eigenvalue weighted by Gasteiger charge is -2.18. The monoisotopic (exact) mass is 953 g/mol. The molecule has 1 atom stereocenters. The number of esters is 3. The predicted molar refractivity (Wildman–Crippen MR) is 293 cm³/mol. The van der Waals surface area contributed by atoms with Gasteiger partial charge in [-0.1, -0.05) is 236 Å². The number of ether oxygens (including phenoxy) is 3. The fourth-order valence-corrected chi connectivity index (χ4v) is 8.52. The Bertz CT molecular complexity index is 1190. The molecular formula is C62H112O6. The molecule has 0 aliphatic carbocycles. The van der Waals surface area contributed by atoms with Gasteiger partial charge in [0.2, 0.25) is 0 Å². The van der Waals surface area contributed by atoms with Crippen molar-refractivity contribution in [3.05, 3.63) is 48.6 Å². The summed E-state index contributed by atoms with van der Waals surface area (Å²) in [6.45, 7) is 6.62. The summed E-state index contributed by atoms with van der Waals surface area (Å²) < 4.78 is 16.9. The largest absolute Gasteiger partial charge is 0.462 e. The minimum atomic E-state index is -0.780. The van der Waals surface area contributed by atoms with Crippen molar-refractivity contribution in [3.63, 3.8) is 0 Å². The molecule has 0 N–H and O–H groups in total. The average Bonchev–Trinajstić information content (AvgIpc) is 3.34. The fraction of sp³-hybridized carbons (Fsp3) is 0.823. The smallest absolute Gasteiger partial charge is 0.306 e. The van der Waals surface area contributed by atoms with Gasteiger partial charge in [0.25, 0.3) is 0 Å². The van der Waals surface area contributed by atoms with Crippen LogP contribution in [0.5, 0.6) is 0 Å². The minimum Gasteiger partial charge on any atom is -0.462 e. The molecule has 0 heterocycles. The summed E-state index contributed by atoms with van der Waals surface area (Å²) >= 11 is 0. The zero-order valence-corrected chi connectivity index (χ0v) is 45.4. The van der Waals surface area contributed by atoms with Crippen LogP contribution in [0, 0.1) is 0 Å². The van der Waals surface area contributed by atoms with E-state index < -0.39 is 6.10 Å². The summed E-state index contributed by atoms with van der Waals surface area (Å²) in [5.41, 5.74) is 0. The van der Waals surface area contributed by atoms with Gasteiger partial charge in [-0.05, 0) is 103 Å². The SMILES string of the molecule is CCCCC/C=C\C/C=C\CCCCCCCCCCCC(=O)OC[C@@H](COC(=O)CCCCCCC/C=C\CCCCCCC)OC(=O)CCCCCCCCC/C=C\CCCCCCCC. The first-order valence-corrected chi connectivity index (χ1v) is 29.6. The third kappa shape index (κ3) is 54.3. The van der Waals surface area contributed by atoms with Crippen LogP contribution in [0.3, 0.4) is 0 Å². The first-order chi connectivity index (χ1) is 33.5. The Morgan fingerprint density at radius 2 is 0.529 bits per heavy atom. The van der Waals surface area contributed by atoms with Crippen LogP contribution in [0.15, 0.2) is 48.6 Å². The second-order valence-corrected chi connectivity index (χ2v) is 19.9. The highest BCUT2D eigenvalue weighted by Gasteiger charge is 2.19. The molecular weight excluding hydrogens is 841 g/mol. The summed E-state index contributed by atoms with van der Waals surface area (Å²) in [6, 6.07) is 0. The van der Waals surface area contributed by atoms with E-state index in [1.807, 2.05) is 0 Å². The molecule has 68 heavy (non-hydrogen) atoms. The second-order valence-electron chi connectivity index (χ2n) is 19.9. The third-order valence-corrected chi connectivity index (χ3v) is 13.0. The van der Waals surface area contributed by atoms with Crippen LogP contribution in [0.25, 0.3) is 0 Å². The summed E-state index contributed by atoms with van der Waals surface area (Å²) in [4.78, 5) is 38.2. The molecule has 0 spiro atoms. The van der Waals surface area contributed by atoms with Gasteiger partial charge >= 0.3 is 17.9 Å². The van der Waals surface area contributed by atoms with E-state index in [-0.39, 0.29) is 31.1 Å². The van der Waals surface area contributed by atoms with Gasteiger partial charge in [-0.25, -0.2) is 0 Å². The van der Waals surface area contributed by atoms with Gasteiger partial charge in [-0.15, -0.1) is 0 Å². The molecule has 396 valence electrons. The van der Waals surface area contributed by atoms with E-state index in [9.17, 15) is 14.4 Å². The first-order valence-electron chi connectivity index (χ1n) is 29.6. The van der Waals surface area contributed by atoms with Crippen LogP contribution < -0.4 is 0 Å². The quantitative estimate of drug-likeness (QED) is 0.0262. The molecule has 0 aliphatic heterocycles. The number of allylic oxidation sites excluding steroid dienone is 8. The van der Waals surface area contributed by atoms with Gasteiger partial charge in [-0.3, -0.25) is 14.4 Å². The molecule has 0 aromatic heterocycles. The maximum absolute atomic E-state index is 12.9. The Labute approximate surface area is 422 Å². The molecule has 0 saturated carbocycles. The minimum absolute atomic E-state index is 0.0780. The van der Waals surface area contributed by atoms with E-state index in [1.165, 1.54) is 199 Å². The number of hydrogen-bond acceptors (Lipinski definition) is 6. The molecule has 0 aromatic carbocycles. The van der Waals surface area contributed by atoms with Crippen LogP contribution in [-0.2, 0) is 28.6 Å². The molecule has 0 rings (SSSR count). The van der Waals surface area contributed by atoms with E-state index in [4.69, 9.17) is 14.2 Å². The van der Waals surface area contributed by atoms with Crippen molar-refractivity contribution in [3.8, 4) is 0 Å². The highest BCUT2D eigenvalue weighted by Crippen LogP contribution is 2.16. The van der Waals surface area contributed by atoms with E-state index in [2.05, 4.69) is 69.4 Å². The summed E-state index contributed by atoms with van der Waals surface area (Å²) in [5.74, 6) is -0.881. The summed E-state index contributed by atoms with van der Waals surface area (Å²) in [5, 5.41) is 0. The topological polar surface area (TPSA) is 78.9 Å². The lowest BCUT2D eigenvalue weighted by Crippen LogP contribution is -2.30. The van der Waals surface area contributed by atoms with Crippen LogP contribution in [-0.4, -0.2) is 37.2 Å². The van der Waals surface area contributed by atoms with Crippen LogP contribution in [0.1, 0.15) is 310 Å². The molecule has 0 bridgehead atoms. The lowest BCUT2D eigenvalue weighted by atomic mass is 10.1. The predicted octanol–water partition coefficient (Wildman–Crippen LogP) is 19.8. The lowest BCUT2D eigenvalue weighted by molar-refractivity contribution is -0.167. The van der Waals surface area contributed by atoms with Gasteiger partial charge in [0.1, 0.15) is 13.2 Å². The maximum atomic E-state index is 12.9. The molecule has 0 unspecified atom stereocenters. The molecule has 0 fully saturated rings. The van der Waals surface area contributed by atoms with Crippen LogP contribution in [0.4, 0.5) is 0 Å². The molecule has 0 aromatic rings. The normalized spacial score (nSPS) is 12.3. The molecule has 0 aliphatic rings. The van der Waals surface area contributed by atoms with Crippen LogP contribution in [0.2, 0.25) is 0 Å². The Hall–Kier alpha value is -2.63. The van der Waals surface area contributed by atoms with E-state index in [0.29, 0.717) is 19.3 Å². The van der Waals surface area contributed by atoms with Crippen molar-refractivity contribution in [2.75, 3.05) is 13.2 Å². The van der Waals surface area contributed by atoms with Gasteiger partial charge in [0, 0.05) is 19.3 Å². The third-order valence-electron chi connectivity index (χ3n) is 13.0. The van der Waals surface area contributed by atoms with Crippen molar-refractivity contribution in [2.24, 2.45) is 0 Å². The summed E-state index contributed by atoms with van der Waals surface area (Å²) in [6.07, 6.45) is 69.5. The zero-order valence-electron chi connectivity index (χ0n) is 45.4. The van der Waals surface area contributed by atoms with Crippen molar-refractivity contribution in [1.82, 2.24) is 0 Å². The Balaban J connectivity index is 4.36. The van der Waals surface area contributed by atoms with Crippen molar-refractivity contribution in [2.45, 2.75) is 316 Å². The summed E-state index contributed by atoms with van der Waals surface area (Å²) in [7, 11) is 0. The van der Waals surface area contributed by atoms with Gasteiger partial charge in [0.15, 0.2) is 6.10 Å². The molecule has 6 heteroatoms. The van der Waals surface area contributed by atoms with Gasteiger partial charge < -0.3 is 14.2 Å².